The number of hydrogen-bond acceptors (Lipinski definition) is 3. The molecule has 1 aliphatic heterocycles. The summed E-state index contributed by atoms with van der Waals surface area (Å²) in [4.78, 5) is 25.8. The van der Waals surface area contributed by atoms with Crippen LogP contribution >= 0.6 is 0 Å². The van der Waals surface area contributed by atoms with E-state index in [1.54, 1.807) is 0 Å². The number of para-hydroxylation sites is 1. The Bertz CT molecular complexity index is 679. The lowest BCUT2D eigenvalue weighted by Gasteiger charge is -1.98. The number of H-pyrrole nitrogens is 1. The van der Waals surface area contributed by atoms with Crippen LogP contribution in [0.3, 0.4) is 0 Å². The van der Waals surface area contributed by atoms with Crippen molar-refractivity contribution in [3.05, 3.63) is 41.6 Å². The Balaban J connectivity index is 2.31. The largest absolute Gasteiger partial charge is 0.386 e. The molecule has 4 nitrogen and oxygen atoms in total. The summed E-state index contributed by atoms with van der Waals surface area (Å²) >= 11 is 0. The molecule has 0 atom stereocenters. The average molecular weight is 227 g/mol. The molecular formula is C13H9NO3. The van der Waals surface area contributed by atoms with Crippen LogP contribution < -0.4 is 0 Å². The molecule has 0 bridgehead atoms. The summed E-state index contributed by atoms with van der Waals surface area (Å²) in [6, 6.07) is 7.63. The van der Waals surface area contributed by atoms with E-state index in [0.29, 0.717) is 5.57 Å². The van der Waals surface area contributed by atoms with Gasteiger partial charge in [-0.2, -0.15) is 0 Å². The highest BCUT2D eigenvalue weighted by Crippen LogP contribution is 2.31. The molecule has 17 heavy (non-hydrogen) atoms. The molecule has 1 aromatic carbocycles. The number of rotatable bonds is 1. The predicted molar refractivity (Wildman–Crippen MR) is 62.1 cm³/mol. The molecule has 0 saturated carbocycles. The Hall–Kier alpha value is -2.36. The van der Waals surface area contributed by atoms with E-state index in [4.69, 9.17) is 0 Å². The van der Waals surface area contributed by atoms with Crippen molar-refractivity contribution < 1.29 is 14.3 Å². The summed E-state index contributed by atoms with van der Waals surface area (Å²) in [5, 5.41) is 0.919. The van der Waals surface area contributed by atoms with Crippen LogP contribution in [0.1, 0.15) is 11.3 Å². The molecule has 1 N–H and O–H groups in total. The molecule has 0 unspecified atom stereocenters. The van der Waals surface area contributed by atoms with E-state index in [9.17, 15) is 9.59 Å². The van der Waals surface area contributed by atoms with E-state index in [2.05, 4.69) is 9.72 Å². The highest BCUT2D eigenvalue weighted by Gasteiger charge is 2.28. The molecule has 1 aromatic heterocycles. The summed E-state index contributed by atoms with van der Waals surface area (Å²) in [5.41, 5.74) is 2.86. The van der Waals surface area contributed by atoms with E-state index in [1.165, 1.54) is 6.08 Å². The fourth-order valence-electron chi connectivity index (χ4n) is 2.15. The van der Waals surface area contributed by atoms with Gasteiger partial charge in [0.15, 0.2) is 0 Å². The van der Waals surface area contributed by atoms with Gasteiger partial charge in [0.05, 0.1) is 5.57 Å². The van der Waals surface area contributed by atoms with Crippen molar-refractivity contribution in [3.8, 4) is 0 Å². The molecule has 4 heteroatoms. The van der Waals surface area contributed by atoms with Gasteiger partial charge in [-0.25, -0.2) is 9.59 Å². The average Bonchev–Trinajstić information content (AvgIpc) is 2.77. The number of cyclic esters (lactones) is 2. The minimum absolute atomic E-state index is 0.324. The lowest BCUT2D eigenvalue weighted by atomic mass is 10.0. The summed E-state index contributed by atoms with van der Waals surface area (Å²) in [6.45, 7) is 1.87. The lowest BCUT2D eigenvalue weighted by Crippen LogP contribution is -2.01. The topological polar surface area (TPSA) is 59.2 Å². The molecule has 3 rings (SSSR count). The third-order valence-corrected chi connectivity index (χ3v) is 2.84. The quantitative estimate of drug-likeness (QED) is 0.598. The number of carbonyl (C=O) groups excluding carboxylic acids is 2. The van der Waals surface area contributed by atoms with Gasteiger partial charge in [0.25, 0.3) is 0 Å². The normalized spacial score (nSPS) is 15.2. The molecule has 0 spiro atoms. The number of hydrogen-bond donors (Lipinski definition) is 1. The smallest absolute Gasteiger partial charge is 0.346 e. The molecule has 1 aliphatic rings. The first-order valence-corrected chi connectivity index (χ1v) is 5.22. The molecule has 84 valence electrons. The third-order valence-electron chi connectivity index (χ3n) is 2.84. The van der Waals surface area contributed by atoms with Crippen LogP contribution in [0, 0.1) is 6.92 Å². The molecule has 0 aliphatic carbocycles. The van der Waals surface area contributed by atoms with Gasteiger partial charge in [0, 0.05) is 28.2 Å². The Labute approximate surface area is 96.9 Å². The zero-order chi connectivity index (χ0) is 12.0. The maximum absolute atomic E-state index is 11.6. The minimum atomic E-state index is -0.602. The van der Waals surface area contributed by atoms with Gasteiger partial charge in [-0.15, -0.1) is 0 Å². The molecule has 0 saturated heterocycles. The van der Waals surface area contributed by atoms with E-state index >= 15 is 0 Å². The van der Waals surface area contributed by atoms with Crippen molar-refractivity contribution in [2.24, 2.45) is 0 Å². The first-order valence-electron chi connectivity index (χ1n) is 5.22. The lowest BCUT2D eigenvalue weighted by molar-refractivity contribution is -0.149. The number of ether oxygens (including phenoxy) is 1. The number of fused-ring (bicyclic) bond motifs is 1. The van der Waals surface area contributed by atoms with Gasteiger partial charge in [0.1, 0.15) is 0 Å². The molecule has 0 radical (unpaired) electrons. The number of nitrogens with one attached hydrogen (secondary N) is 1. The van der Waals surface area contributed by atoms with Crippen molar-refractivity contribution in [2.75, 3.05) is 0 Å². The number of aryl methyl sites for hydroxylation is 1. The van der Waals surface area contributed by atoms with Gasteiger partial charge in [-0.05, 0) is 13.0 Å². The van der Waals surface area contributed by atoms with Crippen molar-refractivity contribution >= 4 is 28.4 Å². The van der Waals surface area contributed by atoms with Gasteiger partial charge in [0.2, 0.25) is 0 Å². The second kappa shape index (κ2) is 3.31. The van der Waals surface area contributed by atoms with E-state index < -0.39 is 11.9 Å². The third kappa shape index (κ3) is 1.38. The highest BCUT2D eigenvalue weighted by molar-refractivity contribution is 6.30. The van der Waals surface area contributed by atoms with Crippen LogP contribution in [-0.4, -0.2) is 16.9 Å². The maximum atomic E-state index is 11.6. The Morgan fingerprint density at radius 3 is 2.65 bits per heavy atom. The fraction of sp³-hybridized carbons (Fsp3) is 0.0769. The summed E-state index contributed by atoms with van der Waals surface area (Å²) < 4.78 is 4.52. The minimum Gasteiger partial charge on any atom is -0.386 e. The number of benzene rings is 1. The van der Waals surface area contributed by atoms with Crippen molar-refractivity contribution in [1.29, 1.82) is 0 Å². The highest BCUT2D eigenvalue weighted by atomic mass is 16.6. The molecule has 2 heterocycles. The van der Waals surface area contributed by atoms with Crippen LogP contribution in [0.5, 0.6) is 0 Å². The Morgan fingerprint density at radius 2 is 1.94 bits per heavy atom. The molecule has 2 aromatic rings. The fourth-order valence-corrected chi connectivity index (χ4v) is 2.15. The number of aromatic nitrogens is 1. The van der Waals surface area contributed by atoms with Crippen LogP contribution in [0.25, 0.3) is 16.5 Å². The monoisotopic (exact) mass is 227 g/mol. The zero-order valence-corrected chi connectivity index (χ0v) is 9.11. The van der Waals surface area contributed by atoms with Crippen molar-refractivity contribution in [2.45, 2.75) is 6.92 Å². The standard InChI is InChI=1S/C13H9NO3/c1-7-12(9-6-11(15)17-13(9)16)8-4-2-3-5-10(8)14-7/h2-6,14H,1H3. The molecular weight excluding hydrogens is 218 g/mol. The van der Waals surface area contributed by atoms with Crippen molar-refractivity contribution in [1.82, 2.24) is 4.98 Å². The zero-order valence-electron chi connectivity index (χ0n) is 9.11. The van der Waals surface area contributed by atoms with E-state index in [1.807, 2.05) is 31.2 Å². The SMILES string of the molecule is Cc1[nH]c2ccccc2c1C1=CC(=O)OC1=O. The number of aromatic amines is 1. The number of carbonyl (C=O) groups is 2. The summed E-state index contributed by atoms with van der Waals surface area (Å²) in [7, 11) is 0. The molecule has 0 fully saturated rings. The summed E-state index contributed by atoms with van der Waals surface area (Å²) in [5.74, 6) is -1.18. The van der Waals surface area contributed by atoms with Gasteiger partial charge < -0.3 is 9.72 Å². The van der Waals surface area contributed by atoms with Crippen LogP contribution in [0.2, 0.25) is 0 Å². The Morgan fingerprint density at radius 1 is 1.18 bits per heavy atom. The predicted octanol–water partition coefficient (Wildman–Crippen LogP) is 1.94. The Kier molecular flexibility index (Phi) is 1.92. The van der Waals surface area contributed by atoms with Gasteiger partial charge in [-0.1, -0.05) is 18.2 Å². The van der Waals surface area contributed by atoms with E-state index in [-0.39, 0.29) is 0 Å². The van der Waals surface area contributed by atoms with Crippen LogP contribution in [0.4, 0.5) is 0 Å². The maximum Gasteiger partial charge on any atom is 0.346 e. The first-order chi connectivity index (χ1) is 8.16. The molecule has 0 amide bonds. The van der Waals surface area contributed by atoms with Gasteiger partial charge in [-0.3, -0.25) is 0 Å². The summed E-state index contributed by atoms with van der Waals surface area (Å²) in [6.07, 6.45) is 1.24. The number of esters is 2. The van der Waals surface area contributed by atoms with Gasteiger partial charge >= 0.3 is 11.9 Å². The second-order valence-corrected chi connectivity index (χ2v) is 3.94. The first kappa shape index (κ1) is 9.84. The van der Waals surface area contributed by atoms with Crippen LogP contribution in [-0.2, 0) is 14.3 Å². The van der Waals surface area contributed by atoms with E-state index in [0.717, 1.165) is 22.2 Å². The van der Waals surface area contributed by atoms with Crippen LogP contribution in [0.15, 0.2) is 30.3 Å². The second-order valence-electron chi connectivity index (χ2n) is 3.94. The van der Waals surface area contributed by atoms with Crippen molar-refractivity contribution in [3.63, 3.8) is 0 Å².